The fourth-order valence-electron chi connectivity index (χ4n) is 0.952. The molecule has 96 valence electrons. The Morgan fingerprint density at radius 3 is 1.83 bits per heavy atom. The van der Waals surface area contributed by atoms with E-state index in [-0.39, 0.29) is 24.4 Å². The zero-order chi connectivity index (χ0) is 13.3. The van der Waals surface area contributed by atoms with Gasteiger partial charge in [0.15, 0.2) is 15.2 Å². The third-order valence-corrected chi connectivity index (χ3v) is 7.72. The molecule has 0 fully saturated rings. The van der Waals surface area contributed by atoms with Crippen LogP contribution in [0.4, 0.5) is 0 Å². The van der Waals surface area contributed by atoms with E-state index in [0.29, 0.717) is 16.8 Å². The van der Waals surface area contributed by atoms with Crippen molar-refractivity contribution in [2.45, 2.75) is 9.63 Å². The summed E-state index contributed by atoms with van der Waals surface area (Å²) >= 11 is 5.89. The summed E-state index contributed by atoms with van der Waals surface area (Å²) in [7, 11) is -10.4. The molecular formula is C7H7ClO6P2SZn. The minimum Gasteiger partial charge on any atom is -0.777 e. The first-order valence-electron chi connectivity index (χ1n) is 4.10. The fourth-order valence-corrected chi connectivity index (χ4v) is 4.89. The Kier molecular flexibility index (Phi) is 7.29. The van der Waals surface area contributed by atoms with Gasteiger partial charge >= 0.3 is 19.5 Å². The van der Waals surface area contributed by atoms with Gasteiger partial charge in [-0.2, -0.15) is 0 Å². The summed E-state index contributed by atoms with van der Waals surface area (Å²) < 4.78 is 19.4. The van der Waals surface area contributed by atoms with Crippen LogP contribution in [0.2, 0.25) is 5.02 Å². The monoisotopic (exact) mass is 380 g/mol. The molecule has 0 saturated carbocycles. The maximum Gasteiger partial charge on any atom is 2.00 e. The number of hydrogen-bond acceptors (Lipinski definition) is 5. The van der Waals surface area contributed by atoms with Crippen molar-refractivity contribution in [1.82, 2.24) is 0 Å². The summed E-state index contributed by atoms with van der Waals surface area (Å²) in [5.74, 6) is 0. The Morgan fingerprint density at radius 2 is 1.50 bits per heavy atom. The molecular weight excluding hydrogens is 375 g/mol. The molecule has 18 heavy (non-hydrogen) atoms. The first-order chi connectivity index (χ1) is 7.60. The zero-order valence-corrected chi connectivity index (χ0v) is 15.1. The van der Waals surface area contributed by atoms with Gasteiger partial charge in [-0.3, -0.25) is 0 Å². The number of benzene rings is 1. The van der Waals surface area contributed by atoms with E-state index in [1.165, 1.54) is 24.3 Å². The van der Waals surface area contributed by atoms with Crippen molar-refractivity contribution in [3.05, 3.63) is 29.3 Å². The van der Waals surface area contributed by atoms with E-state index in [1.54, 1.807) is 0 Å². The molecule has 1 aromatic rings. The van der Waals surface area contributed by atoms with Gasteiger partial charge in [-0.25, -0.2) is 0 Å². The third kappa shape index (κ3) is 5.83. The molecule has 0 bridgehead atoms. The Morgan fingerprint density at radius 1 is 1.11 bits per heavy atom. The second kappa shape index (κ2) is 6.98. The average molecular weight is 382 g/mol. The first-order valence-corrected chi connectivity index (χ1v) is 8.65. The van der Waals surface area contributed by atoms with Gasteiger partial charge in [0.2, 0.25) is 0 Å². The Balaban J connectivity index is 0.00000289. The smallest absolute Gasteiger partial charge is 0.777 e. The Labute approximate surface area is 125 Å². The number of halogens is 1. The van der Waals surface area contributed by atoms with Crippen LogP contribution in [0, 0.1) is 0 Å². The zero-order valence-electron chi connectivity index (χ0n) is 8.80. The number of rotatable bonds is 4. The van der Waals surface area contributed by atoms with Crippen LogP contribution in [-0.4, -0.2) is 14.5 Å². The van der Waals surface area contributed by atoms with Crippen molar-refractivity contribution in [2.75, 3.05) is 0 Å². The van der Waals surface area contributed by atoms with Gasteiger partial charge in [0.1, 0.15) is 4.73 Å². The minimum atomic E-state index is -5.22. The van der Waals surface area contributed by atoms with Crippen LogP contribution in [0.25, 0.3) is 0 Å². The quantitative estimate of drug-likeness (QED) is 0.449. The van der Waals surface area contributed by atoms with E-state index in [1.807, 2.05) is 0 Å². The van der Waals surface area contributed by atoms with E-state index < -0.39 is 19.9 Å². The maximum atomic E-state index is 10.9. The van der Waals surface area contributed by atoms with Crippen LogP contribution in [-0.2, 0) is 28.6 Å². The van der Waals surface area contributed by atoms with E-state index in [9.17, 15) is 18.9 Å². The van der Waals surface area contributed by atoms with Crippen molar-refractivity contribution in [3.63, 3.8) is 0 Å². The SMILES string of the molecule is O=P([O-])(O)C(Sc1ccc(Cl)cc1)P(=O)([O-])O.[Zn+2]. The summed E-state index contributed by atoms with van der Waals surface area (Å²) in [6.45, 7) is 0. The molecule has 0 aliphatic heterocycles. The summed E-state index contributed by atoms with van der Waals surface area (Å²) in [6, 6.07) is 5.57. The molecule has 11 heteroatoms. The molecule has 0 aromatic heterocycles. The van der Waals surface area contributed by atoms with Crippen LogP contribution in [0.3, 0.4) is 0 Å². The van der Waals surface area contributed by atoms with E-state index in [4.69, 9.17) is 21.4 Å². The average Bonchev–Trinajstić information content (AvgIpc) is 2.13. The Hall–Kier alpha value is 0.783. The van der Waals surface area contributed by atoms with Crippen molar-refractivity contribution in [3.8, 4) is 0 Å². The fraction of sp³-hybridized carbons (Fsp3) is 0.143. The van der Waals surface area contributed by atoms with Gasteiger partial charge in [-0.05, 0) is 24.3 Å². The molecule has 6 nitrogen and oxygen atoms in total. The molecule has 0 spiro atoms. The van der Waals surface area contributed by atoms with Gasteiger partial charge in [0.05, 0.1) is 0 Å². The molecule has 1 aromatic carbocycles. The van der Waals surface area contributed by atoms with Crippen molar-refractivity contribution in [1.29, 1.82) is 0 Å². The maximum absolute atomic E-state index is 10.9. The van der Waals surface area contributed by atoms with Crippen LogP contribution >= 0.6 is 38.6 Å². The van der Waals surface area contributed by atoms with Crippen LogP contribution in [0.15, 0.2) is 29.2 Å². The minimum absolute atomic E-state index is 0. The molecule has 0 radical (unpaired) electrons. The molecule has 2 N–H and O–H groups in total. The standard InChI is InChI=1S/C7H9ClO6P2S.Zn/c8-5-1-3-6(4-2-5)17-7(15(9,10)11)16(12,13)14;/h1-4,7H,(H2,9,10,11)(H2,12,13,14);/q;+2/p-2. The number of thioether (sulfide) groups is 1. The van der Waals surface area contributed by atoms with Gasteiger partial charge in [-0.1, -0.05) is 11.6 Å². The summed E-state index contributed by atoms with van der Waals surface area (Å²) in [6.07, 6.45) is 0. The van der Waals surface area contributed by atoms with Crippen LogP contribution in [0.1, 0.15) is 0 Å². The molecule has 0 heterocycles. The first kappa shape index (κ1) is 18.8. The van der Waals surface area contributed by atoms with Crippen LogP contribution in [0.5, 0.6) is 0 Å². The van der Waals surface area contributed by atoms with Crippen molar-refractivity contribution in [2.24, 2.45) is 0 Å². The topological polar surface area (TPSA) is 121 Å². The van der Waals surface area contributed by atoms with Gasteiger partial charge in [0.25, 0.3) is 0 Å². The molecule has 2 unspecified atom stereocenters. The van der Waals surface area contributed by atoms with E-state index in [2.05, 4.69) is 0 Å². The van der Waals surface area contributed by atoms with Gasteiger partial charge in [0, 0.05) is 9.92 Å². The third-order valence-electron chi connectivity index (χ3n) is 1.61. The summed E-state index contributed by atoms with van der Waals surface area (Å²) in [5, 5.41) is 0.384. The van der Waals surface area contributed by atoms with E-state index >= 15 is 0 Å². The Bertz CT molecular complexity index is 463. The largest absolute Gasteiger partial charge is 2.00 e. The van der Waals surface area contributed by atoms with Gasteiger partial charge < -0.3 is 28.7 Å². The van der Waals surface area contributed by atoms with Crippen molar-refractivity contribution < 1.29 is 48.2 Å². The molecule has 2 atom stereocenters. The van der Waals surface area contributed by atoms with Crippen molar-refractivity contribution >= 4 is 38.6 Å². The molecule has 0 amide bonds. The molecule has 0 aliphatic rings. The second-order valence-electron chi connectivity index (χ2n) is 3.03. The molecule has 1 rings (SSSR count). The predicted octanol–water partition coefficient (Wildman–Crippen LogP) is 0.805. The number of hydrogen-bond donors (Lipinski definition) is 2. The molecule has 0 aliphatic carbocycles. The summed E-state index contributed by atoms with van der Waals surface area (Å²) in [4.78, 5) is 39.4. The summed E-state index contributed by atoms with van der Waals surface area (Å²) in [5.41, 5.74) is 0. The predicted molar refractivity (Wildman–Crippen MR) is 60.7 cm³/mol. The van der Waals surface area contributed by atoms with Gasteiger partial charge in [-0.15, -0.1) is 11.8 Å². The molecule has 0 saturated heterocycles. The van der Waals surface area contributed by atoms with E-state index in [0.717, 1.165) is 0 Å². The normalized spacial score (nSPS) is 19.2. The van der Waals surface area contributed by atoms with Crippen LogP contribution < -0.4 is 9.79 Å². The second-order valence-corrected chi connectivity index (χ2v) is 9.04.